The first-order valence-corrected chi connectivity index (χ1v) is 10.5. The quantitative estimate of drug-likeness (QED) is 0.694. The molecule has 3 atom stereocenters. The molecule has 0 bridgehead atoms. The number of benzene rings is 1. The maximum atomic E-state index is 11.4. The smallest absolute Gasteiger partial charge is 0.312 e. The molecule has 0 spiro atoms. The number of primary amides is 1. The number of carbonyl (C=O) groups excluding carboxylic acids is 1. The number of nitrogens with one attached hydrogen (secondary N) is 1. The standard InChI is InChI=1S/C22H26N6O2/c1-27-12-4-7-18(27)21-26-25-20-11-8-14(13-28(20)21)30-19-10-9-17(24-22(23)29)15-5-2-3-6-16(15)19/h2-3,5-6,8,11,13,17-19H,4,7,9-10,12H2,1H3,(H3,23,24,29)/t17-,18-,19+/m0/s1. The lowest BCUT2D eigenvalue weighted by molar-refractivity contribution is 0.171. The summed E-state index contributed by atoms with van der Waals surface area (Å²) in [6.07, 6.45) is 5.74. The van der Waals surface area contributed by atoms with E-state index >= 15 is 0 Å². The Morgan fingerprint density at radius 1 is 1.13 bits per heavy atom. The third-order valence-electron chi connectivity index (χ3n) is 6.25. The molecule has 30 heavy (non-hydrogen) atoms. The number of fused-ring (bicyclic) bond motifs is 2. The second-order valence-corrected chi connectivity index (χ2v) is 8.16. The van der Waals surface area contributed by atoms with Crippen molar-refractivity contribution in [3.63, 3.8) is 0 Å². The molecule has 1 aromatic carbocycles. The van der Waals surface area contributed by atoms with Crippen molar-refractivity contribution in [2.45, 2.75) is 43.9 Å². The molecule has 0 saturated carbocycles. The Balaban J connectivity index is 1.43. The number of aromatic nitrogens is 3. The first kappa shape index (κ1) is 18.9. The second kappa shape index (κ2) is 7.60. The molecule has 0 radical (unpaired) electrons. The van der Waals surface area contributed by atoms with Crippen molar-refractivity contribution in [2.24, 2.45) is 5.73 Å². The molecule has 8 heteroatoms. The van der Waals surface area contributed by atoms with Crippen molar-refractivity contribution in [1.82, 2.24) is 24.8 Å². The van der Waals surface area contributed by atoms with E-state index in [1.807, 2.05) is 40.9 Å². The van der Waals surface area contributed by atoms with E-state index in [-0.39, 0.29) is 18.2 Å². The monoisotopic (exact) mass is 406 g/mol. The average Bonchev–Trinajstić information content (AvgIpc) is 3.35. The minimum absolute atomic E-state index is 0.0802. The summed E-state index contributed by atoms with van der Waals surface area (Å²) in [4.78, 5) is 13.7. The van der Waals surface area contributed by atoms with Crippen molar-refractivity contribution in [1.29, 1.82) is 0 Å². The first-order valence-electron chi connectivity index (χ1n) is 10.5. The highest BCUT2D eigenvalue weighted by Crippen LogP contribution is 2.39. The van der Waals surface area contributed by atoms with Gasteiger partial charge in [0.15, 0.2) is 11.5 Å². The summed E-state index contributed by atoms with van der Waals surface area (Å²) in [6, 6.07) is 11.7. The maximum Gasteiger partial charge on any atom is 0.312 e. The lowest BCUT2D eigenvalue weighted by atomic mass is 9.85. The Bertz CT molecular complexity index is 1080. The van der Waals surface area contributed by atoms with Gasteiger partial charge in [0.05, 0.1) is 18.3 Å². The minimum atomic E-state index is -0.503. The molecule has 156 valence electrons. The number of amides is 2. The summed E-state index contributed by atoms with van der Waals surface area (Å²) in [7, 11) is 2.13. The molecule has 2 aliphatic rings. The van der Waals surface area contributed by atoms with Crippen LogP contribution in [0.1, 0.15) is 60.8 Å². The second-order valence-electron chi connectivity index (χ2n) is 8.16. The highest BCUT2D eigenvalue weighted by atomic mass is 16.5. The van der Waals surface area contributed by atoms with Crippen molar-refractivity contribution in [3.05, 3.63) is 59.5 Å². The summed E-state index contributed by atoms with van der Waals surface area (Å²) in [5, 5.41) is 11.6. The molecule has 3 N–H and O–H groups in total. The van der Waals surface area contributed by atoms with Gasteiger partial charge in [-0.3, -0.25) is 9.30 Å². The number of hydrogen-bond acceptors (Lipinski definition) is 5. The number of urea groups is 1. The fourth-order valence-electron chi connectivity index (χ4n) is 4.78. The summed E-state index contributed by atoms with van der Waals surface area (Å²) in [5.74, 6) is 1.75. The SMILES string of the molecule is CN1CCC[C@H]1c1nnc2ccc(O[C@@H]3CC[C@H](NC(N)=O)c4ccccc43)cn12. The predicted molar refractivity (Wildman–Crippen MR) is 112 cm³/mol. The summed E-state index contributed by atoms with van der Waals surface area (Å²) < 4.78 is 8.47. The Morgan fingerprint density at radius 3 is 2.73 bits per heavy atom. The Morgan fingerprint density at radius 2 is 1.97 bits per heavy atom. The zero-order valence-electron chi connectivity index (χ0n) is 17.0. The number of pyridine rings is 1. The van der Waals surface area contributed by atoms with Gasteiger partial charge in [0.2, 0.25) is 0 Å². The Labute approximate surface area is 175 Å². The first-order chi connectivity index (χ1) is 14.6. The molecule has 8 nitrogen and oxygen atoms in total. The van der Waals surface area contributed by atoms with E-state index in [9.17, 15) is 4.79 Å². The van der Waals surface area contributed by atoms with Crippen LogP contribution in [0.2, 0.25) is 0 Å². The number of nitrogens with two attached hydrogens (primary N) is 1. The minimum Gasteiger partial charge on any atom is -0.484 e. The topological polar surface area (TPSA) is 97.8 Å². The molecular weight excluding hydrogens is 380 g/mol. The molecule has 0 unspecified atom stereocenters. The van der Waals surface area contributed by atoms with E-state index < -0.39 is 6.03 Å². The Kier molecular flexibility index (Phi) is 4.78. The highest BCUT2D eigenvalue weighted by molar-refractivity contribution is 5.72. The van der Waals surface area contributed by atoms with Crippen LogP contribution in [0.4, 0.5) is 4.79 Å². The molecule has 2 amide bonds. The molecule has 1 aliphatic carbocycles. The van der Waals surface area contributed by atoms with Crippen LogP contribution < -0.4 is 15.8 Å². The van der Waals surface area contributed by atoms with E-state index in [4.69, 9.17) is 10.5 Å². The van der Waals surface area contributed by atoms with Crippen LogP contribution in [-0.2, 0) is 0 Å². The van der Waals surface area contributed by atoms with E-state index in [2.05, 4.69) is 33.5 Å². The third-order valence-corrected chi connectivity index (χ3v) is 6.25. The number of likely N-dealkylation sites (tertiary alicyclic amines) is 1. The maximum absolute atomic E-state index is 11.4. The van der Waals surface area contributed by atoms with E-state index in [0.29, 0.717) is 0 Å². The van der Waals surface area contributed by atoms with Crippen LogP contribution in [0.15, 0.2) is 42.6 Å². The number of carbonyl (C=O) groups is 1. The number of hydrogen-bond donors (Lipinski definition) is 2. The Hall–Kier alpha value is -3.13. The van der Waals surface area contributed by atoms with Crippen LogP contribution in [0.3, 0.4) is 0 Å². The summed E-state index contributed by atoms with van der Waals surface area (Å²) >= 11 is 0. The molecule has 1 saturated heterocycles. The van der Waals surface area contributed by atoms with Gasteiger partial charge in [0.25, 0.3) is 0 Å². The lowest BCUT2D eigenvalue weighted by Gasteiger charge is -2.32. The highest BCUT2D eigenvalue weighted by Gasteiger charge is 2.30. The molecule has 1 aliphatic heterocycles. The van der Waals surface area contributed by atoms with Crippen molar-refractivity contribution in [3.8, 4) is 5.75 Å². The molecular formula is C22H26N6O2. The van der Waals surface area contributed by atoms with Gasteiger partial charge in [-0.05, 0) is 62.5 Å². The van der Waals surface area contributed by atoms with Crippen LogP contribution >= 0.6 is 0 Å². The van der Waals surface area contributed by atoms with Crippen LogP contribution in [0.5, 0.6) is 5.75 Å². The van der Waals surface area contributed by atoms with E-state index in [1.165, 1.54) is 6.42 Å². The van der Waals surface area contributed by atoms with Crippen LogP contribution in [0.25, 0.3) is 5.65 Å². The normalized spacial score (nSPS) is 24.0. The fourth-order valence-corrected chi connectivity index (χ4v) is 4.78. The van der Waals surface area contributed by atoms with Gasteiger partial charge in [-0.15, -0.1) is 10.2 Å². The van der Waals surface area contributed by atoms with Gasteiger partial charge < -0.3 is 15.8 Å². The number of ether oxygens (including phenoxy) is 1. The number of rotatable bonds is 4. The summed E-state index contributed by atoms with van der Waals surface area (Å²) in [5.41, 5.74) is 8.33. The number of nitrogens with zero attached hydrogens (tertiary/aromatic N) is 4. The lowest BCUT2D eigenvalue weighted by Crippen LogP contribution is -2.36. The van der Waals surface area contributed by atoms with E-state index in [1.54, 1.807) is 0 Å². The van der Waals surface area contributed by atoms with Gasteiger partial charge in [-0.2, -0.15) is 0 Å². The third kappa shape index (κ3) is 3.37. The molecule has 1 fully saturated rings. The molecule has 3 heterocycles. The largest absolute Gasteiger partial charge is 0.484 e. The average molecular weight is 406 g/mol. The van der Waals surface area contributed by atoms with Gasteiger partial charge in [0.1, 0.15) is 11.9 Å². The van der Waals surface area contributed by atoms with Gasteiger partial charge in [0, 0.05) is 0 Å². The van der Waals surface area contributed by atoms with Crippen LogP contribution in [-0.4, -0.2) is 39.1 Å². The molecule has 2 aromatic heterocycles. The van der Waals surface area contributed by atoms with Gasteiger partial charge >= 0.3 is 6.03 Å². The van der Waals surface area contributed by atoms with Crippen molar-refractivity contribution >= 4 is 11.7 Å². The van der Waals surface area contributed by atoms with Crippen LogP contribution in [0, 0.1) is 0 Å². The van der Waals surface area contributed by atoms with E-state index in [0.717, 1.165) is 54.2 Å². The van der Waals surface area contributed by atoms with Crippen molar-refractivity contribution in [2.75, 3.05) is 13.6 Å². The molecule has 5 rings (SSSR count). The molecule has 3 aromatic rings. The zero-order chi connectivity index (χ0) is 20.7. The predicted octanol–water partition coefficient (Wildman–Crippen LogP) is 3.12. The zero-order valence-corrected chi connectivity index (χ0v) is 17.0. The van der Waals surface area contributed by atoms with Gasteiger partial charge in [-0.25, -0.2) is 4.79 Å². The fraction of sp³-hybridized carbons (Fsp3) is 0.409. The van der Waals surface area contributed by atoms with Crippen molar-refractivity contribution < 1.29 is 9.53 Å². The van der Waals surface area contributed by atoms with Gasteiger partial charge in [-0.1, -0.05) is 24.3 Å². The summed E-state index contributed by atoms with van der Waals surface area (Å²) in [6.45, 7) is 1.08.